The van der Waals surface area contributed by atoms with Crippen molar-refractivity contribution >= 4 is 21.6 Å². The number of rotatable bonds is 2. The number of thiazole rings is 1. The lowest BCUT2D eigenvalue weighted by Crippen LogP contribution is -1.95. The first-order chi connectivity index (χ1) is 6.42. The van der Waals surface area contributed by atoms with Gasteiger partial charge in [0.05, 0.1) is 21.4 Å². The van der Waals surface area contributed by atoms with Crippen molar-refractivity contribution in [2.75, 3.05) is 6.54 Å². The van der Waals surface area contributed by atoms with Gasteiger partial charge in [-0.3, -0.25) is 4.98 Å². The molecule has 0 bridgehead atoms. The average Bonchev–Trinajstić information content (AvgIpc) is 2.85. The Bertz CT molecular complexity index is 400. The molecule has 2 aromatic rings. The first-order valence-corrected chi connectivity index (χ1v) is 5.16. The summed E-state index contributed by atoms with van der Waals surface area (Å²) >= 11 is 1.77. The van der Waals surface area contributed by atoms with Crippen molar-refractivity contribution in [2.24, 2.45) is 0 Å². The van der Waals surface area contributed by atoms with Crippen LogP contribution in [0.1, 0.15) is 5.01 Å². The summed E-state index contributed by atoms with van der Waals surface area (Å²) in [5.41, 5.74) is 1.03. The SMILES string of the molecule is c1cc2sc(CC3CN3)nc2cn1. The van der Waals surface area contributed by atoms with Gasteiger partial charge in [0.2, 0.25) is 0 Å². The molecule has 1 aliphatic heterocycles. The monoisotopic (exact) mass is 191 g/mol. The van der Waals surface area contributed by atoms with Crippen molar-refractivity contribution in [3.05, 3.63) is 23.5 Å². The van der Waals surface area contributed by atoms with Crippen molar-refractivity contribution in [1.29, 1.82) is 0 Å². The Balaban J connectivity index is 2.00. The van der Waals surface area contributed by atoms with Gasteiger partial charge < -0.3 is 5.32 Å². The summed E-state index contributed by atoms with van der Waals surface area (Å²) in [6.07, 6.45) is 4.72. The molecule has 0 spiro atoms. The van der Waals surface area contributed by atoms with E-state index in [-0.39, 0.29) is 0 Å². The van der Waals surface area contributed by atoms with E-state index < -0.39 is 0 Å². The Morgan fingerprint density at radius 2 is 2.54 bits per heavy atom. The number of pyridine rings is 1. The van der Waals surface area contributed by atoms with Crippen LogP contribution >= 0.6 is 11.3 Å². The molecule has 0 saturated carbocycles. The van der Waals surface area contributed by atoms with Gasteiger partial charge in [0.25, 0.3) is 0 Å². The number of nitrogens with one attached hydrogen (secondary N) is 1. The third-order valence-electron chi connectivity index (χ3n) is 2.15. The molecule has 1 unspecified atom stereocenters. The van der Waals surface area contributed by atoms with E-state index in [2.05, 4.69) is 15.3 Å². The number of hydrogen-bond donors (Lipinski definition) is 1. The highest BCUT2D eigenvalue weighted by Crippen LogP contribution is 2.22. The normalized spacial score (nSPS) is 20.8. The van der Waals surface area contributed by atoms with Crippen LogP contribution in [0.5, 0.6) is 0 Å². The lowest BCUT2D eigenvalue weighted by molar-refractivity contribution is 0.921. The van der Waals surface area contributed by atoms with Crippen molar-refractivity contribution < 1.29 is 0 Å². The molecule has 1 saturated heterocycles. The van der Waals surface area contributed by atoms with Crippen LogP contribution in [-0.4, -0.2) is 22.6 Å². The fourth-order valence-electron chi connectivity index (χ4n) is 1.35. The van der Waals surface area contributed by atoms with Crippen LogP contribution in [0.25, 0.3) is 10.2 Å². The molecular formula is C9H9N3S. The van der Waals surface area contributed by atoms with Crippen LogP contribution in [-0.2, 0) is 6.42 Å². The molecule has 0 aliphatic carbocycles. The van der Waals surface area contributed by atoms with Crippen molar-refractivity contribution in [3.8, 4) is 0 Å². The Hall–Kier alpha value is -1.00. The van der Waals surface area contributed by atoms with Crippen molar-refractivity contribution in [1.82, 2.24) is 15.3 Å². The van der Waals surface area contributed by atoms with E-state index in [1.165, 1.54) is 9.71 Å². The molecule has 0 aromatic carbocycles. The molecule has 1 N–H and O–H groups in total. The summed E-state index contributed by atoms with van der Waals surface area (Å²) in [7, 11) is 0. The third kappa shape index (κ3) is 1.43. The predicted octanol–water partition coefficient (Wildman–Crippen LogP) is 1.21. The molecule has 0 radical (unpaired) electrons. The van der Waals surface area contributed by atoms with Gasteiger partial charge in [-0.15, -0.1) is 11.3 Å². The molecule has 2 aromatic heterocycles. The van der Waals surface area contributed by atoms with Gasteiger partial charge in [0, 0.05) is 25.2 Å². The Kier molecular flexibility index (Phi) is 1.57. The molecule has 3 rings (SSSR count). The van der Waals surface area contributed by atoms with Crippen LogP contribution < -0.4 is 5.32 Å². The number of nitrogens with zero attached hydrogens (tertiary/aromatic N) is 2. The lowest BCUT2D eigenvalue weighted by Gasteiger charge is -1.86. The maximum Gasteiger partial charge on any atom is 0.0998 e. The highest BCUT2D eigenvalue weighted by Gasteiger charge is 2.21. The number of fused-ring (bicyclic) bond motifs is 1. The van der Waals surface area contributed by atoms with Gasteiger partial charge >= 0.3 is 0 Å². The lowest BCUT2D eigenvalue weighted by atomic mass is 10.3. The van der Waals surface area contributed by atoms with E-state index in [4.69, 9.17) is 0 Å². The maximum absolute atomic E-state index is 4.51. The van der Waals surface area contributed by atoms with Crippen molar-refractivity contribution in [3.63, 3.8) is 0 Å². The molecule has 0 amide bonds. The second kappa shape index (κ2) is 2.75. The van der Waals surface area contributed by atoms with Crippen LogP contribution in [0.3, 0.4) is 0 Å². The standard InChI is InChI=1S/C9H9N3S/c1-2-10-5-7-8(1)13-9(12-7)3-6-4-11-6/h1-2,5-6,11H,3-4H2. The van der Waals surface area contributed by atoms with Gasteiger partial charge in [0.1, 0.15) is 0 Å². The zero-order chi connectivity index (χ0) is 8.67. The second-order valence-corrected chi connectivity index (χ2v) is 4.38. The summed E-state index contributed by atoms with van der Waals surface area (Å²) in [5.74, 6) is 0. The molecule has 1 aliphatic rings. The van der Waals surface area contributed by atoms with Gasteiger partial charge in [-0.2, -0.15) is 0 Å². The van der Waals surface area contributed by atoms with Gasteiger partial charge in [0.15, 0.2) is 0 Å². The summed E-state index contributed by atoms with van der Waals surface area (Å²) in [4.78, 5) is 8.56. The molecule has 1 atom stereocenters. The zero-order valence-corrected chi connectivity index (χ0v) is 7.84. The van der Waals surface area contributed by atoms with Gasteiger partial charge in [-0.1, -0.05) is 0 Å². The minimum Gasteiger partial charge on any atom is -0.311 e. The van der Waals surface area contributed by atoms with Crippen molar-refractivity contribution in [2.45, 2.75) is 12.5 Å². The van der Waals surface area contributed by atoms with Crippen LogP contribution in [0.15, 0.2) is 18.5 Å². The van der Waals surface area contributed by atoms with Gasteiger partial charge in [-0.05, 0) is 6.07 Å². The van der Waals surface area contributed by atoms with Gasteiger partial charge in [-0.25, -0.2) is 4.98 Å². The second-order valence-electron chi connectivity index (χ2n) is 3.26. The Labute approximate surface area is 79.8 Å². The molecule has 13 heavy (non-hydrogen) atoms. The summed E-state index contributed by atoms with van der Waals surface area (Å²) in [6, 6.07) is 2.70. The minimum atomic E-state index is 0.675. The largest absolute Gasteiger partial charge is 0.311 e. The highest BCUT2D eigenvalue weighted by atomic mass is 32.1. The molecular weight excluding hydrogens is 182 g/mol. The van der Waals surface area contributed by atoms with E-state index >= 15 is 0 Å². The fourth-order valence-corrected chi connectivity index (χ4v) is 2.37. The predicted molar refractivity (Wildman–Crippen MR) is 52.9 cm³/mol. The Morgan fingerprint density at radius 3 is 3.31 bits per heavy atom. The minimum absolute atomic E-state index is 0.675. The summed E-state index contributed by atoms with van der Waals surface area (Å²) in [5, 5.41) is 4.50. The van der Waals surface area contributed by atoms with E-state index in [1.54, 1.807) is 11.3 Å². The zero-order valence-electron chi connectivity index (χ0n) is 7.03. The highest BCUT2D eigenvalue weighted by molar-refractivity contribution is 7.18. The average molecular weight is 191 g/mol. The maximum atomic E-state index is 4.51. The number of hydrogen-bond acceptors (Lipinski definition) is 4. The van der Waals surface area contributed by atoms with Crippen LogP contribution in [0, 0.1) is 0 Å². The van der Waals surface area contributed by atoms with E-state index in [9.17, 15) is 0 Å². The van der Waals surface area contributed by atoms with E-state index in [0.717, 1.165) is 18.5 Å². The summed E-state index contributed by atoms with van der Waals surface area (Å²) < 4.78 is 1.24. The number of aromatic nitrogens is 2. The smallest absolute Gasteiger partial charge is 0.0998 e. The fraction of sp³-hybridized carbons (Fsp3) is 0.333. The molecule has 3 nitrogen and oxygen atoms in total. The molecule has 3 heterocycles. The quantitative estimate of drug-likeness (QED) is 0.726. The summed E-state index contributed by atoms with van der Waals surface area (Å²) in [6.45, 7) is 1.15. The third-order valence-corrected chi connectivity index (χ3v) is 3.21. The van der Waals surface area contributed by atoms with E-state index in [0.29, 0.717) is 6.04 Å². The molecule has 1 fully saturated rings. The first kappa shape index (κ1) is 7.41. The molecule has 4 heteroatoms. The van der Waals surface area contributed by atoms with E-state index in [1.807, 2.05) is 18.5 Å². The Morgan fingerprint density at radius 1 is 1.62 bits per heavy atom. The first-order valence-electron chi connectivity index (χ1n) is 4.34. The van der Waals surface area contributed by atoms with Crippen LogP contribution in [0.2, 0.25) is 0 Å². The molecule has 66 valence electrons. The topological polar surface area (TPSA) is 47.7 Å². The van der Waals surface area contributed by atoms with Crippen LogP contribution in [0.4, 0.5) is 0 Å².